The van der Waals surface area contributed by atoms with Crippen molar-refractivity contribution in [3.63, 3.8) is 0 Å². The zero-order valence-electron chi connectivity index (χ0n) is 6.17. The van der Waals surface area contributed by atoms with Crippen molar-refractivity contribution in [3.8, 4) is 0 Å². The molecule has 0 aromatic carbocycles. The SMILES string of the molecule is O=C[C@H](I)[C@@H](O)[C@@H](O)[C@H](O)CO. The number of rotatable bonds is 5. The van der Waals surface area contributed by atoms with E-state index in [4.69, 9.17) is 20.4 Å². The molecule has 0 heterocycles. The summed E-state index contributed by atoms with van der Waals surface area (Å²) in [7, 11) is 0. The standard InChI is InChI=1S/C6H11IO5/c7-3(1-8)5(11)6(12)4(10)2-9/h1,3-6,9-12H,2H2/t3-,4+,5+,6-/m0/s1. The molecule has 72 valence electrons. The highest BCUT2D eigenvalue weighted by Gasteiger charge is 2.29. The molecular formula is C6H11IO5. The van der Waals surface area contributed by atoms with Crippen LogP contribution in [0.1, 0.15) is 0 Å². The van der Waals surface area contributed by atoms with Gasteiger partial charge in [0.1, 0.15) is 24.6 Å². The van der Waals surface area contributed by atoms with Crippen molar-refractivity contribution in [2.45, 2.75) is 22.2 Å². The topological polar surface area (TPSA) is 98.0 Å². The van der Waals surface area contributed by atoms with Crippen LogP contribution >= 0.6 is 22.6 Å². The summed E-state index contributed by atoms with van der Waals surface area (Å²) in [4.78, 5) is 10.1. The molecule has 0 fully saturated rings. The van der Waals surface area contributed by atoms with Crippen LogP contribution in [0, 0.1) is 0 Å². The third kappa shape index (κ3) is 3.31. The third-order valence-electron chi connectivity index (χ3n) is 1.39. The van der Waals surface area contributed by atoms with Gasteiger partial charge in [-0.2, -0.15) is 0 Å². The summed E-state index contributed by atoms with van der Waals surface area (Å²) in [6, 6.07) is 0. The molecule has 0 radical (unpaired) electrons. The van der Waals surface area contributed by atoms with Gasteiger partial charge in [0.2, 0.25) is 0 Å². The summed E-state index contributed by atoms with van der Waals surface area (Å²) in [5.41, 5.74) is 0. The van der Waals surface area contributed by atoms with Crippen LogP contribution in [0.4, 0.5) is 0 Å². The molecule has 0 aliphatic carbocycles. The van der Waals surface area contributed by atoms with Crippen molar-refractivity contribution >= 4 is 28.9 Å². The summed E-state index contributed by atoms with van der Waals surface area (Å²) < 4.78 is -0.793. The first-order valence-electron chi connectivity index (χ1n) is 3.29. The van der Waals surface area contributed by atoms with Crippen LogP contribution < -0.4 is 0 Å². The van der Waals surface area contributed by atoms with Gasteiger partial charge in [-0.15, -0.1) is 0 Å². The average molecular weight is 290 g/mol. The van der Waals surface area contributed by atoms with Crippen molar-refractivity contribution < 1.29 is 25.2 Å². The zero-order valence-corrected chi connectivity index (χ0v) is 8.33. The Morgan fingerprint density at radius 1 is 1.25 bits per heavy atom. The van der Waals surface area contributed by atoms with E-state index in [-0.39, 0.29) is 0 Å². The lowest BCUT2D eigenvalue weighted by molar-refractivity contribution is -0.113. The van der Waals surface area contributed by atoms with Gasteiger partial charge in [0, 0.05) is 0 Å². The highest BCUT2D eigenvalue weighted by atomic mass is 127. The largest absolute Gasteiger partial charge is 0.394 e. The van der Waals surface area contributed by atoms with Crippen LogP contribution in [0.2, 0.25) is 0 Å². The molecule has 5 nitrogen and oxygen atoms in total. The first-order chi connectivity index (χ1) is 5.54. The van der Waals surface area contributed by atoms with E-state index in [1.54, 1.807) is 22.6 Å². The third-order valence-corrected chi connectivity index (χ3v) is 2.42. The normalized spacial score (nSPS) is 21.1. The second-order valence-corrected chi connectivity index (χ2v) is 3.75. The van der Waals surface area contributed by atoms with E-state index >= 15 is 0 Å². The van der Waals surface area contributed by atoms with E-state index < -0.39 is 28.8 Å². The molecule has 0 saturated heterocycles. The smallest absolute Gasteiger partial charge is 0.135 e. The molecule has 6 heteroatoms. The number of aliphatic hydroxyl groups excluding tert-OH is 4. The molecule has 0 aromatic rings. The Balaban J connectivity index is 4.07. The van der Waals surface area contributed by atoms with Gasteiger partial charge < -0.3 is 25.2 Å². The molecule has 0 bridgehead atoms. The predicted octanol–water partition coefficient (Wildman–Crippen LogP) is -1.94. The van der Waals surface area contributed by atoms with Crippen LogP contribution in [0.5, 0.6) is 0 Å². The van der Waals surface area contributed by atoms with Gasteiger partial charge in [0.25, 0.3) is 0 Å². The fourth-order valence-corrected chi connectivity index (χ4v) is 1.03. The number of aldehydes is 1. The van der Waals surface area contributed by atoms with Gasteiger partial charge >= 0.3 is 0 Å². The van der Waals surface area contributed by atoms with Crippen molar-refractivity contribution in [1.29, 1.82) is 0 Å². The lowest BCUT2D eigenvalue weighted by Crippen LogP contribution is -2.44. The number of halogens is 1. The molecule has 0 unspecified atom stereocenters. The van der Waals surface area contributed by atoms with Crippen LogP contribution in [-0.2, 0) is 4.79 Å². The molecule has 0 aromatic heterocycles. The minimum absolute atomic E-state index is 0.457. The molecule has 0 aliphatic heterocycles. The fraction of sp³-hybridized carbons (Fsp3) is 0.833. The summed E-state index contributed by atoms with van der Waals surface area (Å²) in [6.45, 7) is -0.652. The van der Waals surface area contributed by atoms with E-state index in [0.29, 0.717) is 6.29 Å². The van der Waals surface area contributed by atoms with Crippen LogP contribution in [0.15, 0.2) is 0 Å². The van der Waals surface area contributed by atoms with E-state index in [1.165, 1.54) is 0 Å². The summed E-state index contributed by atoms with van der Waals surface area (Å²) >= 11 is 1.63. The zero-order chi connectivity index (χ0) is 9.72. The highest BCUT2D eigenvalue weighted by Crippen LogP contribution is 2.10. The van der Waals surface area contributed by atoms with Crippen LogP contribution in [0.25, 0.3) is 0 Å². The summed E-state index contributed by atoms with van der Waals surface area (Å²) in [6.07, 6.45) is -3.82. The maximum atomic E-state index is 10.1. The number of hydrogen-bond donors (Lipinski definition) is 4. The maximum Gasteiger partial charge on any atom is 0.135 e. The number of carbonyl (C=O) groups excluding carboxylic acids is 1. The highest BCUT2D eigenvalue weighted by molar-refractivity contribution is 14.1. The van der Waals surface area contributed by atoms with E-state index in [0.717, 1.165) is 0 Å². The molecule has 4 atom stereocenters. The monoisotopic (exact) mass is 290 g/mol. The Morgan fingerprint density at radius 2 is 1.75 bits per heavy atom. The lowest BCUT2D eigenvalue weighted by atomic mass is 10.1. The van der Waals surface area contributed by atoms with Gasteiger partial charge in [-0.3, -0.25) is 0 Å². The van der Waals surface area contributed by atoms with Gasteiger partial charge in [-0.25, -0.2) is 0 Å². The van der Waals surface area contributed by atoms with Crippen molar-refractivity contribution in [2.75, 3.05) is 6.61 Å². The Bertz CT molecular complexity index is 142. The minimum Gasteiger partial charge on any atom is -0.394 e. The molecule has 0 saturated carbocycles. The second kappa shape index (κ2) is 5.81. The molecule has 0 amide bonds. The predicted molar refractivity (Wildman–Crippen MR) is 49.0 cm³/mol. The molecular weight excluding hydrogens is 279 g/mol. The van der Waals surface area contributed by atoms with E-state index in [1.807, 2.05) is 0 Å². The molecule has 4 N–H and O–H groups in total. The Morgan fingerprint density at radius 3 is 2.08 bits per heavy atom. The second-order valence-electron chi connectivity index (χ2n) is 2.31. The van der Waals surface area contributed by atoms with Crippen molar-refractivity contribution in [1.82, 2.24) is 0 Å². The first-order valence-corrected chi connectivity index (χ1v) is 4.53. The van der Waals surface area contributed by atoms with Crippen LogP contribution in [0.3, 0.4) is 0 Å². The van der Waals surface area contributed by atoms with Gasteiger partial charge in [-0.1, -0.05) is 22.6 Å². The molecule has 0 spiro atoms. The van der Waals surface area contributed by atoms with Crippen molar-refractivity contribution in [3.05, 3.63) is 0 Å². The first kappa shape index (κ1) is 12.2. The van der Waals surface area contributed by atoms with E-state index in [2.05, 4.69) is 0 Å². The van der Waals surface area contributed by atoms with Crippen molar-refractivity contribution in [2.24, 2.45) is 0 Å². The Kier molecular flexibility index (Phi) is 5.93. The maximum absolute atomic E-state index is 10.1. The van der Waals surface area contributed by atoms with Gasteiger partial charge in [-0.05, 0) is 0 Å². The number of alkyl halides is 1. The Hall–Kier alpha value is 0.240. The number of hydrogen-bond acceptors (Lipinski definition) is 5. The fourth-order valence-electron chi connectivity index (χ4n) is 0.604. The Labute approximate surface area is 83.2 Å². The number of carbonyl (C=O) groups is 1. The summed E-state index contributed by atoms with van der Waals surface area (Å²) in [5.74, 6) is 0. The quantitative estimate of drug-likeness (QED) is 0.268. The average Bonchev–Trinajstić information content (AvgIpc) is 2.12. The van der Waals surface area contributed by atoms with Gasteiger partial charge in [0.15, 0.2) is 0 Å². The minimum atomic E-state index is -1.50. The van der Waals surface area contributed by atoms with Crippen LogP contribution in [-0.4, -0.2) is 55.6 Å². The summed E-state index contributed by atoms with van der Waals surface area (Å²) in [5, 5.41) is 35.5. The van der Waals surface area contributed by atoms with E-state index in [9.17, 15) is 4.79 Å². The number of aliphatic hydroxyl groups is 4. The molecule has 0 aliphatic rings. The lowest BCUT2D eigenvalue weighted by Gasteiger charge is -2.22. The molecule has 0 rings (SSSR count). The van der Waals surface area contributed by atoms with Gasteiger partial charge in [0.05, 0.1) is 10.5 Å². The molecule has 12 heavy (non-hydrogen) atoms.